The van der Waals surface area contributed by atoms with Crippen molar-refractivity contribution in [3.05, 3.63) is 11.6 Å². The number of amides is 2. The summed E-state index contributed by atoms with van der Waals surface area (Å²) in [7, 11) is 0. The van der Waals surface area contributed by atoms with Crippen LogP contribution in [0.5, 0.6) is 0 Å². The normalized spacial score (nSPS) is 22.2. The minimum atomic E-state index is -0.528. The van der Waals surface area contributed by atoms with Gasteiger partial charge in [0, 0.05) is 5.57 Å². The van der Waals surface area contributed by atoms with E-state index < -0.39 is 6.09 Å². The lowest BCUT2D eigenvalue weighted by Crippen LogP contribution is -2.42. The van der Waals surface area contributed by atoms with Crippen molar-refractivity contribution in [2.24, 2.45) is 5.92 Å². The lowest BCUT2D eigenvalue weighted by Gasteiger charge is -2.22. The molecule has 0 spiro atoms. The number of hydrogen-bond donors (Lipinski definition) is 0. The summed E-state index contributed by atoms with van der Waals surface area (Å²) in [6.07, 6.45) is 1.17. The highest BCUT2D eigenvalue weighted by Gasteiger charge is 2.39. The van der Waals surface area contributed by atoms with Crippen LogP contribution in [0.4, 0.5) is 4.79 Å². The highest BCUT2D eigenvalue weighted by molar-refractivity contribution is 6.03. The van der Waals surface area contributed by atoms with E-state index in [1.54, 1.807) is 19.9 Å². The zero-order chi connectivity index (χ0) is 11.6. The Labute approximate surface area is 89.9 Å². The third kappa shape index (κ3) is 2.19. The van der Waals surface area contributed by atoms with Crippen LogP contribution in [-0.4, -0.2) is 29.5 Å². The van der Waals surface area contributed by atoms with Gasteiger partial charge >= 0.3 is 6.09 Å². The molecule has 4 nitrogen and oxygen atoms in total. The number of imide groups is 1. The number of ether oxygens (including phenoxy) is 1. The number of carbonyl (C=O) groups excluding carboxylic acids is 2. The first-order chi connectivity index (χ1) is 6.99. The topological polar surface area (TPSA) is 46.6 Å². The van der Waals surface area contributed by atoms with Crippen LogP contribution in [0.25, 0.3) is 0 Å². The fourth-order valence-corrected chi connectivity index (χ4v) is 1.47. The van der Waals surface area contributed by atoms with E-state index in [1.807, 2.05) is 13.8 Å². The summed E-state index contributed by atoms with van der Waals surface area (Å²) in [5, 5.41) is 0. The van der Waals surface area contributed by atoms with E-state index >= 15 is 0 Å². The molecule has 0 bridgehead atoms. The van der Waals surface area contributed by atoms with E-state index in [1.165, 1.54) is 4.90 Å². The van der Waals surface area contributed by atoms with Crippen molar-refractivity contribution >= 4 is 12.0 Å². The van der Waals surface area contributed by atoms with Gasteiger partial charge in [0.2, 0.25) is 0 Å². The first-order valence-corrected chi connectivity index (χ1v) is 5.12. The second kappa shape index (κ2) is 4.47. The van der Waals surface area contributed by atoms with Crippen LogP contribution in [0.2, 0.25) is 0 Å². The minimum Gasteiger partial charge on any atom is -0.447 e. The predicted molar refractivity (Wildman–Crippen MR) is 56.3 cm³/mol. The molecule has 0 aromatic carbocycles. The summed E-state index contributed by atoms with van der Waals surface area (Å²) < 4.78 is 4.89. The summed E-state index contributed by atoms with van der Waals surface area (Å²) in [5.74, 6) is -0.0382. The highest BCUT2D eigenvalue weighted by atomic mass is 16.6. The van der Waals surface area contributed by atoms with Gasteiger partial charge in [0.1, 0.15) is 6.61 Å². The Morgan fingerprint density at radius 3 is 2.67 bits per heavy atom. The molecule has 0 radical (unpaired) electrons. The standard InChI is InChI=1S/C11H17NO3/c1-5-8(4)10(13)12-9(7(2)3)6-15-11(12)14/h5,7,9H,6H2,1-4H3/t9-/m0/s1. The molecule has 1 aliphatic rings. The molecular weight excluding hydrogens is 194 g/mol. The summed E-state index contributed by atoms with van der Waals surface area (Å²) in [4.78, 5) is 24.5. The Kier molecular flexibility index (Phi) is 3.50. The Morgan fingerprint density at radius 2 is 2.20 bits per heavy atom. The zero-order valence-electron chi connectivity index (χ0n) is 9.61. The largest absolute Gasteiger partial charge is 0.447 e. The maximum Gasteiger partial charge on any atom is 0.417 e. The zero-order valence-corrected chi connectivity index (χ0v) is 9.61. The number of carbonyl (C=O) groups is 2. The molecule has 0 aromatic rings. The number of allylic oxidation sites excluding steroid dienone is 1. The lowest BCUT2D eigenvalue weighted by atomic mass is 10.0. The maximum atomic E-state index is 11.9. The van der Waals surface area contributed by atoms with Gasteiger partial charge in [-0.2, -0.15) is 0 Å². The Hall–Kier alpha value is -1.32. The number of rotatable bonds is 2. The van der Waals surface area contributed by atoms with Gasteiger partial charge in [-0.05, 0) is 19.8 Å². The van der Waals surface area contributed by atoms with Crippen LogP contribution in [0.15, 0.2) is 11.6 Å². The van der Waals surface area contributed by atoms with Gasteiger partial charge in [0.25, 0.3) is 5.91 Å². The number of nitrogens with zero attached hydrogens (tertiary/aromatic N) is 1. The van der Waals surface area contributed by atoms with Crippen LogP contribution in [0, 0.1) is 5.92 Å². The molecule has 1 fully saturated rings. The lowest BCUT2D eigenvalue weighted by molar-refractivity contribution is -0.125. The molecule has 1 aliphatic heterocycles. The molecule has 4 heteroatoms. The molecular formula is C11H17NO3. The molecule has 84 valence electrons. The fourth-order valence-electron chi connectivity index (χ4n) is 1.47. The molecule has 1 rings (SSSR count). The average Bonchev–Trinajstić information content (AvgIpc) is 2.58. The summed E-state index contributed by atoms with van der Waals surface area (Å²) in [5.41, 5.74) is 0.569. The van der Waals surface area contributed by atoms with Crippen LogP contribution in [0.1, 0.15) is 27.7 Å². The van der Waals surface area contributed by atoms with Gasteiger partial charge in [-0.3, -0.25) is 4.79 Å². The molecule has 15 heavy (non-hydrogen) atoms. The first kappa shape index (κ1) is 11.8. The van der Waals surface area contributed by atoms with E-state index in [0.29, 0.717) is 12.2 Å². The molecule has 1 atom stereocenters. The Balaban J connectivity index is 2.90. The summed E-state index contributed by atoms with van der Waals surface area (Å²) >= 11 is 0. The second-order valence-corrected chi connectivity index (χ2v) is 4.04. The van der Waals surface area contributed by atoms with E-state index in [0.717, 1.165) is 0 Å². The smallest absolute Gasteiger partial charge is 0.417 e. The van der Waals surface area contributed by atoms with Crippen LogP contribution in [0.3, 0.4) is 0 Å². The first-order valence-electron chi connectivity index (χ1n) is 5.12. The number of hydrogen-bond acceptors (Lipinski definition) is 3. The van der Waals surface area contributed by atoms with E-state index in [4.69, 9.17) is 4.74 Å². The summed E-state index contributed by atoms with van der Waals surface area (Å²) in [6.45, 7) is 7.72. The molecule has 0 N–H and O–H groups in total. The highest BCUT2D eigenvalue weighted by Crippen LogP contribution is 2.21. The monoisotopic (exact) mass is 211 g/mol. The van der Waals surface area contributed by atoms with Crippen molar-refractivity contribution in [1.82, 2.24) is 4.90 Å². The van der Waals surface area contributed by atoms with Crippen LogP contribution >= 0.6 is 0 Å². The SMILES string of the molecule is CC=C(C)C(=O)N1C(=O)OC[C@H]1C(C)C. The minimum absolute atomic E-state index is 0.139. The maximum absolute atomic E-state index is 11.9. The molecule has 0 unspecified atom stereocenters. The van der Waals surface area contributed by atoms with Crippen molar-refractivity contribution in [3.8, 4) is 0 Å². The molecule has 0 aromatic heterocycles. The third-order valence-corrected chi connectivity index (χ3v) is 2.66. The van der Waals surface area contributed by atoms with Crippen molar-refractivity contribution in [1.29, 1.82) is 0 Å². The van der Waals surface area contributed by atoms with Gasteiger partial charge in [0.05, 0.1) is 6.04 Å². The molecule has 2 amide bonds. The average molecular weight is 211 g/mol. The third-order valence-electron chi connectivity index (χ3n) is 2.66. The molecule has 0 aliphatic carbocycles. The van der Waals surface area contributed by atoms with Crippen molar-refractivity contribution in [3.63, 3.8) is 0 Å². The van der Waals surface area contributed by atoms with E-state index in [-0.39, 0.29) is 17.9 Å². The van der Waals surface area contributed by atoms with Crippen molar-refractivity contribution in [2.75, 3.05) is 6.61 Å². The van der Waals surface area contributed by atoms with Crippen LogP contribution in [-0.2, 0) is 9.53 Å². The van der Waals surface area contributed by atoms with E-state index in [2.05, 4.69) is 0 Å². The van der Waals surface area contributed by atoms with Gasteiger partial charge < -0.3 is 4.74 Å². The quantitative estimate of drug-likeness (QED) is 0.656. The predicted octanol–water partition coefficient (Wildman–Crippen LogP) is 1.96. The van der Waals surface area contributed by atoms with Crippen LogP contribution < -0.4 is 0 Å². The fraction of sp³-hybridized carbons (Fsp3) is 0.636. The van der Waals surface area contributed by atoms with Gasteiger partial charge in [-0.1, -0.05) is 19.9 Å². The van der Waals surface area contributed by atoms with E-state index in [9.17, 15) is 9.59 Å². The van der Waals surface area contributed by atoms with Gasteiger partial charge in [-0.25, -0.2) is 9.69 Å². The Bertz CT molecular complexity index is 307. The van der Waals surface area contributed by atoms with Crippen molar-refractivity contribution in [2.45, 2.75) is 33.7 Å². The summed E-state index contributed by atoms with van der Waals surface area (Å²) in [6, 6.07) is -0.139. The van der Waals surface area contributed by atoms with Gasteiger partial charge in [0.15, 0.2) is 0 Å². The second-order valence-electron chi connectivity index (χ2n) is 4.04. The number of cyclic esters (lactones) is 1. The molecule has 0 saturated carbocycles. The van der Waals surface area contributed by atoms with Crippen molar-refractivity contribution < 1.29 is 14.3 Å². The Morgan fingerprint density at radius 1 is 1.60 bits per heavy atom. The molecule has 1 heterocycles. The molecule has 1 saturated heterocycles. The van der Waals surface area contributed by atoms with Gasteiger partial charge in [-0.15, -0.1) is 0 Å².